The Morgan fingerprint density at radius 3 is 3.00 bits per heavy atom. The van der Waals surface area contributed by atoms with Crippen molar-refractivity contribution in [3.63, 3.8) is 0 Å². The average Bonchev–Trinajstić information content (AvgIpc) is 2.48. The Balaban J connectivity index is 2.02. The van der Waals surface area contributed by atoms with Crippen LogP contribution in [0.5, 0.6) is 0 Å². The SMILES string of the molecule is N#CC1N=C(N)N=C(N2CCCc3ccccc32)N1O. The zero-order valence-corrected chi connectivity index (χ0v) is 10.8. The Morgan fingerprint density at radius 2 is 2.20 bits per heavy atom. The summed E-state index contributed by atoms with van der Waals surface area (Å²) in [6.45, 7) is 0.707. The van der Waals surface area contributed by atoms with Crippen LogP contribution in [0.3, 0.4) is 0 Å². The number of hydrogen-bond acceptors (Lipinski definition) is 7. The molecule has 0 spiro atoms. The summed E-state index contributed by atoms with van der Waals surface area (Å²) < 4.78 is 0. The zero-order valence-electron chi connectivity index (χ0n) is 10.8. The van der Waals surface area contributed by atoms with E-state index in [0.717, 1.165) is 23.6 Å². The van der Waals surface area contributed by atoms with E-state index in [4.69, 9.17) is 11.0 Å². The summed E-state index contributed by atoms with van der Waals surface area (Å²) in [5.41, 5.74) is 7.79. The third-order valence-electron chi connectivity index (χ3n) is 3.37. The molecule has 7 nitrogen and oxygen atoms in total. The Bertz CT molecular complexity index is 632. The van der Waals surface area contributed by atoms with Gasteiger partial charge in [-0.1, -0.05) is 18.2 Å². The van der Waals surface area contributed by atoms with E-state index in [0.29, 0.717) is 6.54 Å². The molecule has 7 heteroatoms. The van der Waals surface area contributed by atoms with Gasteiger partial charge in [0.15, 0.2) is 0 Å². The van der Waals surface area contributed by atoms with E-state index in [1.807, 2.05) is 35.2 Å². The number of guanidine groups is 2. The number of para-hydroxylation sites is 1. The monoisotopic (exact) mass is 270 g/mol. The lowest BCUT2D eigenvalue weighted by Gasteiger charge is -2.36. The minimum absolute atomic E-state index is 0.0000883. The third kappa shape index (κ3) is 1.96. The van der Waals surface area contributed by atoms with Gasteiger partial charge in [0.2, 0.25) is 18.1 Å². The van der Waals surface area contributed by atoms with E-state index >= 15 is 0 Å². The van der Waals surface area contributed by atoms with Crippen molar-refractivity contribution in [2.45, 2.75) is 19.0 Å². The average molecular weight is 270 g/mol. The van der Waals surface area contributed by atoms with Crippen LogP contribution < -0.4 is 10.6 Å². The number of rotatable bonds is 0. The molecule has 0 radical (unpaired) electrons. The minimum atomic E-state index is -1.06. The van der Waals surface area contributed by atoms with E-state index < -0.39 is 6.17 Å². The third-order valence-corrected chi connectivity index (χ3v) is 3.37. The number of nitrogens with zero attached hydrogens (tertiary/aromatic N) is 5. The Hall–Kier alpha value is -2.59. The number of hydrogen-bond donors (Lipinski definition) is 2. The van der Waals surface area contributed by atoms with Gasteiger partial charge in [0, 0.05) is 12.2 Å². The maximum absolute atomic E-state index is 10.1. The maximum Gasteiger partial charge on any atom is 0.238 e. The normalized spacial score (nSPS) is 21.7. The first-order valence-electron chi connectivity index (χ1n) is 6.36. The molecule has 0 amide bonds. The summed E-state index contributed by atoms with van der Waals surface area (Å²) in [5, 5.41) is 19.9. The summed E-state index contributed by atoms with van der Waals surface area (Å²) >= 11 is 0. The molecule has 1 aromatic rings. The molecule has 2 aliphatic rings. The lowest BCUT2D eigenvalue weighted by molar-refractivity contribution is -0.0372. The molecule has 2 aliphatic heterocycles. The molecule has 20 heavy (non-hydrogen) atoms. The second-order valence-corrected chi connectivity index (χ2v) is 4.63. The van der Waals surface area contributed by atoms with Crippen LogP contribution in [0.2, 0.25) is 0 Å². The molecular weight excluding hydrogens is 256 g/mol. The first-order chi connectivity index (χ1) is 9.70. The van der Waals surface area contributed by atoms with Crippen molar-refractivity contribution >= 4 is 17.6 Å². The fraction of sp³-hybridized carbons (Fsp3) is 0.308. The summed E-state index contributed by atoms with van der Waals surface area (Å²) in [5.74, 6) is 0.246. The van der Waals surface area contributed by atoms with Gasteiger partial charge in [-0.25, -0.2) is 4.99 Å². The minimum Gasteiger partial charge on any atom is -0.368 e. The zero-order chi connectivity index (χ0) is 14.1. The first kappa shape index (κ1) is 12.4. The second-order valence-electron chi connectivity index (χ2n) is 4.63. The van der Waals surface area contributed by atoms with Crippen molar-refractivity contribution in [2.75, 3.05) is 11.4 Å². The highest BCUT2D eigenvalue weighted by molar-refractivity contribution is 6.04. The highest BCUT2D eigenvalue weighted by Crippen LogP contribution is 2.28. The van der Waals surface area contributed by atoms with Crippen molar-refractivity contribution in [1.82, 2.24) is 5.06 Å². The van der Waals surface area contributed by atoms with Gasteiger partial charge < -0.3 is 10.6 Å². The van der Waals surface area contributed by atoms with Crippen molar-refractivity contribution in [1.29, 1.82) is 5.26 Å². The smallest absolute Gasteiger partial charge is 0.238 e. The van der Waals surface area contributed by atoms with Gasteiger partial charge in [0.05, 0.1) is 0 Å². The fourth-order valence-electron chi connectivity index (χ4n) is 2.48. The summed E-state index contributed by atoms with van der Waals surface area (Å²) in [7, 11) is 0. The van der Waals surface area contributed by atoms with Gasteiger partial charge in [0.25, 0.3) is 0 Å². The first-order valence-corrected chi connectivity index (χ1v) is 6.36. The predicted molar refractivity (Wildman–Crippen MR) is 74.2 cm³/mol. The van der Waals surface area contributed by atoms with Crippen molar-refractivity contribution < 1.29 is 5.21 Å². The molecule has 1 atom stereocenters. The summed E-state index contributed by atoms with van der Waals surface area (Å²) in [6.07, 6.45) is 0.867. The number of hydroxylamine groups is 2. The van der Waals surface area contributed by atoms with Crippen LogP contribution in [0.25, 0.3) is 0 Å². The molecule has 0 fully saturated rings. The predicted octanol–water partition coefficient (Wildman–Crippen LogP) is 0.664. The molecule has 0 saturated carbocycles. The van der Waals surface area contributed by atoms with Crippen LogP contribution >= 0.6 is 0 Å². The number of aryl methyl sites for hydroxylation is 1. The number of fused-ring (bicyclic) bond motifs is 1. The van der Waals surface area contributed by atoms with Gasteiger partial charge in [-0.2, -0.15) is 15.3 Å². The largest absolute Gasteiger partial charge is 0.368 e. The van der Waals surface area contributed by atoms with Gasteiger partial charge >= 0.3 is 0 Å². The molecule has 0 aromatic heterocycles. The van der Waals surface area contributed by atoms with Crippen molar-refractivity contribution in [2.24, 2.45) is 15.7 Å². The molecule has 3 N–H and O–H groups in total. The maximum atomic E-state index is 10.1. The van der Waals surface area contributed by atoms with Crippen LogP contribution in [0.4, 0.5) is 5.69 Å². The van der Waals surface area contributed by atoms with Crippen LogP contribution in [-0.2, 0) is 6.42 Å². The van der Waals surface area contributed by atoms with Crippen LogP contribution in [-0.4, -0.2) is 34.9 Å². The topological polar surface area (TPSA) is 101 Å². The van der Waals surface area contributed by atoms with E-state index in [9.17, 15) is 5.21 Å². The molecular formula is C13H14N6O. The molecule has 102 valence electrons. The van der Waals surface area contributed by atoms with E-state index in [-0.39, 0.29) is 11.9 Å². The van der Waals surface area contributed by atoms with Crippen molar-refractivity contribution in [3.05, 3.63) is 29.8 Å². The molecule has 1 unspecified atom stereocenters. The fourth-order valence-corrected chi connectivity index (χ4v) is 2.48. The Labute approximate surface area is 116 Å². The lowest BCUT2D eigenvalue weighted by Crippen LogP contribution is -2.51. The number of nitriles is 1. The lowest BCUT2D eigenvalue weighted by atomic mass is 10.0. The van der Waals surface area contributed by atoms with E-state index in [1.54, 1.807) is 0 Å². The van der Waals surface area contributed by atoms with Gasteiger partial charge in [-0.15, -0.1) is 0 Å². The highest BCUT2D eigenvalue weighted by atomic mass is 16.5. The number of nitrogens with two attached hydrogens (primary N) is 1. The van der Waals surface area contributed by atoms with Gasteiger partial charge in [-0.05, 0) is 24.5 Å². The molecule has 0 aliphatic carbocycles. The molecule has 1 aromatic carbocycles. The molecule has 3 rings (SSSR count). The van der Waals surface area contributed by atoms with Crippen LogP contribution in [0.15, 0.2) is 34.3 Å². The quantitative estimate of drug-likeness (QED) is 0.721. The van der Waals surface area contributed by atoms with Crippen LogP contribution in [0, 0.1) is 11.3 Å². The highest BCUT2D eigenvalue weighted by Gasteiger charge is 2.31. The van der Waals surface area contributed by atoms with Gasteiger partial charge in [0.1, 0.15) is 6.07 Å². The number of aliphatic imine (C=N–C) groups is 2. The molecule has 0 saturated heterocycles. The summed E-state index contributed by atoms with van der Waals surface area (Å²) in [4.78, 5) is 9.72. The standard InChI is InChI=1S/C13H14N6O/c14-8-11-16-12(15)17-13(19(11)20)18-7-3-5-9-4-1-2-6-10(9)18/h1-2,4,6,11,20H,3,5,7H2,(H2,15,16). The molecule has 0 bridgehead atoms. The van der Waals surface area contributed by atoms with Gasteiger partial charge in [-0.3, -0.25) is 5.21 Å². The second kappa shape index (κ2) is 4.83. The molecule has 2 heterocycles. The summed E-state index contributed by atoms with van der Waals surface area (Å²) in [6, 6.07) is 9.81. The number of anilines is 1. The Morgan fingerprint density at radius 1 is 1.40 bits per heavy atom. The number of benzene rings is 1. The van der Waals surface area contributed by atoms with E-state index in [2.05, 4.69) is 9.98 Å². The van der Waals surface area contributed by atoms with Crippen LogP contribution in [0.1, 0.15) is 12.0 Å². The van der Waals surface area contributed by atoms with Crippen molar-refractivity contribution in [3.8, 4) is 6.07 Å². The van der Waals surface area contributed by atoms with E-state index in [1.165, 1.54) is 5.56 Å². The Kier molecular flexibility index (Phi) is 3.00.